The summed E-state index contributed by atoms with van der Waals surface area (Å²) in [4.78, 5) is 11.3. The minimum absolute atomic E-state index is 0.0166. The van der Waals surface area contributed by atoms with Crippen molar-refractivity contribution < 1.29 is 18.3 Å². The van der Waals surface area contributed by atoms with Gasteiger partial charge in [0, 0.05) is 18.3 Å². The quantitative estimate of drug-likeness (QED) is 0.872. The molecule has 1 aliphatic carbocycles. The number of nitrogens with zero attached hydrogens (tertiary/aromatic N) is 1. The van der Waals surface area contributed by atoms with Crippen LogP contribution in [0, 0.1) is 5.41 Å². The highest BCUT2D eigenvalue weighted by atomic mass is 32.2. The lowest BCUT2D eigenvalue weighted by Crippen LogP contribution is -2.41. The van der Waals surface area contributed by atoms with Gasteiger partial charge in [-0.15, -0.1) is 0 Å². The number of rotatable bonds is 5. The molecule has 0 aliphatic heterocycles. The van der Waals surface area contributed by atoms with E-state index >= 15 is 0 Å². The van der Waals surface area contributed by atoms with Crippen LogP contribution in [0.1, 0.15) is 57.1 Å². The number of carboxylic acid groups (broad SMARTS) is 1. The van der Waals surface area contributed by atoms with Gasteiger partial charge >= 0.3 is 5.97 Å². The first-order valence-corrected chi connectivity index (χ1v) is 8.48. The summed E-state index contributed by atoms with van der Waals surface area (Å²) in [5.41, 5.74) is -0.192. The Hall–Kier alpha value is -1.34. The molecule has 0 bridgehead atoms. The average Bonchev–Trinajstić information content (AvgIpc) is 3.05. The first-order valence-electron chi connectivity index (χ1n) is 7.00. The summed E-state index contributed by atoms with van der Waals surface area (Å²) in [6.07, 6.45) is 3.21. The molecule has 1 fully saturated rings. The Morgan fingerprint density at radius 3 is 2.43 bits per heavy atom. The number of aromatic carboxylic acids is 1. The second kappa shape index (κ2) is 5.14. The molecule has 1 unspecified atom stereocenters. The van der Waals surface area contributed by atoms with E-state index in [1.165, 1.54) is 12.3 Å². The standard InChI is InChI=1S/C14H22N2O4S/c1-9(14(2,3)4)15-21(19,20)11-7-12(13(17)18)16(8-11)10-5-6-10/h7-10,15H,5-6H2,1-4H3,(H,17,18). The first kappa shape index (κ1) is 16.0. The average molecular weight is 314 g/mol. The van der Waals surface area contributed by atoms with Crippen LogP contribution in [0.25, 0.3) is 0 Å². The second-order valence-corrected chi connectivity index (χ2v) is 8.43. The van der Waals surface area contributed by atoms with Gasteiger partial charge < -0.3 is 9.67 Å². The maximum absolute atomic E-state index is 12.4. The Morgan fingerprint density at radius 1 is 1.43 bits per heavy atom. The molecular formula is C14H22N2O4S. The summed E-state index contributed by atoms with van der Waals surface area (Å²) in [5, 5.41) is 9.20. The van der Waals surface area contributed by atoms with Crippen LogP contribution in [0.2, 0.25) is 0 Å². The molecule has 1 atom stereocenters. The summed E-state index contributed by atoms with van der Waals surface area (Å²) >= 11 is 0. The van der Waals surface area contributed by atoms with Crippen molar-refractivity contribution in [1.29, 1.82) is 0 Å². The van der Waals surface area contributed by atoms with Crippen LogP contribution in [0.15, 0.2) is 17.2 Å². The molecule has 0 amide bonds. The first-order chi connectivity index (χ1) is 9.52. The molecule has 0 aromatic carbocycles. The minimum atomic E-state index is -3.72. The fraction of sp³-hybridized carbons (Fsp3) is 0.643. The highest BCUT2D eigenvalue weighted by molar-refractivity contribution is 7.89. The van der Waals surface area contributed by atoms with Crippen molar-refractivity contribution in [3.63, 3.8) is 0 Å². The molecule has 1 heterocycles. The summed E-state index contributed by atoms with van der Waals surface area (Å²) in [6, 6.07) is 1.08. The van der Waals surface area contributed by atoms with Gasteiger partial charge in [0.2, 0.25) is 10.0 Å². The van der Waals surface area contributed by atoms with Crippen molar-refractivity contribution in [1.82, 2.24) is 9.29 Å². The topological polar surface area (TPSA) is 88.4 Å². The van der Waals surface area contributed by atoms with Gasteiger partial charge in [0.05, 0.1) is 0 Å². The van der Waals surface area contributed by atoms with Crippen molar-refractivity contribution in [3.05, 3.63) is 18.0 Å². The van der Waals surface area contributed by atoms with Crippen molar-refractivity contribution in [3.8, 4) is 0 Å². The van der Waals surface area contributed by atoms with Gasteiger partial charge in [-0.3, -0.25) is 0 Å². The van der Waals surface area contributed by atoms with E-state index in [1.807, 2.05) is 20.8 Å². The fourth-order valence-electron chi connectivity index (χ4n) is 1.90. The molecule has 1 aliphatic rings. The van der Waals surface area contributed by atoms with Crippen LogP contribution >= 0.6 is 0 Å². The summed E-state index contributed by atoms with van der Waals surface area (Å²) in [5.74, 6) is -1.10. The Bertz CT molecular complexity index is 651. The van der Waals surface area contributed by atoms with Crippen LogP contribution in [-0.4, -0.2) is 30.1 Å². The van der Waals surface area contributed by atoms with Crippen molar-refractivity contribution in [2.24, 2.45) is 5.41 Å². The lowest BCUT2D eigenvalue weighted by atomic mass is 9.89. The van der Waals surface area contributed by atoms with Gasteiger partial charge in [-0.1, -0.05) is 20.8 Å². The molecule has 0 radical (unpaired) electrons. The highest BCUT2D eigenvalue weighted by Crippen LogP contribution is 2.37. The van der Waals surface area contributed by atoms with E-state index in [2.05, 4.69) is 4.72 Å². The number of nitrogens with one attached hydrogen (secondary N) is 1. The second-order valence-electron chi connectivity index (χ2n) is 6.71. The molecule has 0 saturated heterocycles. The molecular weight excluding hydrogens is 292 g/mol. The lowest BCUT2D eigenvalue weighted by molar-refractivity contribution is 0.0685. The summed E-state index contributed by atoms with van der Waals surface area (Å²) in [6.45, 7) is 7.63. The number of sulfonamides is 1. The van der Waals surface area contributed by atoms with Crippen LogP contribution in [-0.2, 0) is 10.0 Å². The van der Waals surface area contributed by atoms with Gasteiger partial charge in [0.1, 0.15) is 10.6 Å². The molecule has 118 valence electrons. The molecule has 1 aromatic rings. The van der Waals surface area contributed by atoms with E-state index in [9.17, 15) is 18.3 Å². The Balaban J connectivity index is 2.32. The molecule has 7 heteroatoms. The largest absolute Gasteiger partial charge is 0.477 e. The smallest absolute Gasteiger partial charge is 0.352 e. The van der Waals surface area contributed by atoms with Gasteiger partial charge in [-0.05, 0) is 31.2 Å². The van der Waals surface area contributed by atoms with Crippen molar-refractivity contribution >= 4 is 16.0 Å². The Kier molecular flexibility index (Phi) is 3.92. The monoisotopic (exact) mass is 314 g/mol. The zero-order valence-electron chi connectivity index (χ0n) is 12.8. The van der Waals surface area contributed by atoms with Crippen molar-refractivity contribution in [2.75, 3.05) is 0 Å². The number of hydrogen-bond acceptors (Lipinski definition) is 3. The zero-order valence-corrected chi connectivity index (χ0v) is 13.6. The maximum Gasteiger partial charge on any atom is 0.352 e. The fourth-order valence-corrected chi connectivity index (χ4v) is 3.38. The lowest BCUT2D eigenvalue weighted by Gasteiger charge is -2.27. The maximum atomic E-state index is 12.4. The Labute approximate surface area is 125 Å². The summed E-state index contributed by atoms with van der Waals surface area (Å²) < 4.78 is 29.0. The Morgan fingerprint density at radius 2 is 2.00 bits per heavy atom. The number of hydrogen-bond donors (Lipinski definition) is 2. The third-order valence-corrected chi connectivity index (χ3v) is 5.43. The molecule has 0 spiro atoms. The third-order valence-electron chi connectivity index (χ3n) is 3.92. The number of carbonyl (C=O) groups is 1. The molecule has 6 nitrogen and oxygen atoms in total. The van der Waals surface area contributed by atoms with E-state index < -0.39 is 16.0 Å². The highest BCUT2D eigenvalue weighted by Gasteiger charge is 2.32. The van der Waals surface area contributed by atoms with E-state index in [0.717, 1.165) is 12.8 Å². The van der Waals surface area contributed by atoms with E-state index in [1.54, 1.807) is 11.5 Å². The molecule has 1 saturated carbocycles. The molecule has 1 aromatic heterocycles. The van der Waals surface area contributed by atoms with Gasteiger partial charge in [0.15, 0.2) is 0 Å². The zero-order chi connectivity index (χ0) is 16.0. The van der Waals surface area contributed by atoms with Gasteiger partial charge in [-0.2, -0.15) is 0 Å². The van der Waals surface area contributed by atoms with E-state index in [-0.39, 0.29) is 28.1 Å². The molecule has 2 N–H and O–H groups in total. The van der Waals surface area contributed by atoms with E-state index in [0.29, 0.717) is 0 Å². The molecule has 2 rings (SSSR count). The third kappa shape index (κ3) is 3.47. The van der Waals surface area contributed by atoms with Crippen LogP contribution in [0.3, 0.4) is 0 Å². The van der Waals surface area contributed by atoms with E-state index in [4.69, 9.17) is 0 Å². The number of aromatic nitrogens is 1. The van der Waals surface area contributed by atoms with Gasteiger partial charge in [-0.25, -0.2) is 17.9 Å². The van der Waals surface area contributed by atoms with Crippen LogP contribution in [0.5, 0.6) is 0 Å². The summed E-state index contributed by atoms with van der Waals surface area (Å²) in [7, 11) is -3.72. The SMILES string of the molecule is CC(NS(=O)(=O)c1cc(C(=O)O)n(C2CC2)c1)C(C)(C)C. The molecule has 21 heavy (non-hydrogen) atoms. The predicted molar refractivity (Wildman–Crippen MR) is 78.9 cm³/mol. The normalized spacial score (nSPS) is 17.7. The minimum Gasteiger partial charge on any atom is -0.477 e. The predicted octanol–water partition coefficient (Wildman–Crippen LogP) is 2.23. The van der Waals surface area contributed by atoms with Crippen LogP contribution < -0.4 is 4.72 Å². The van der Waals surface area contributed by atoms with Crippen molar-refractivity contribution in [2.45, 2.75) is 57.5 Å². The van der Waals surface area contributed by atoms with Gasteiger partial charge in [0.25, 0.3) is 0 Å². The number of carboxylic acids is 1. The van der Waals surface area contributed by atoms with Crippen LogP contribution in [0.4, 0.5) is 0 Å².